The lowest BCUT2D eigenvalue weighted by molar-refractivity contribution is -0.131. The molecule has 0 fully saturated rings. The molecule has 0 saturated heterocycles. The van der Waals surface area contributed by atoms with Gasteiger partial charge >= 0.3 is 5.97 Å². The smallest absolute Gasteiger partial charge is 0.377 e. The maximum Gasteiger partial charge on any atom is 0.377 e. The van der Waals surface area contributed by atoms with Crippen molar-refractivity contribution in [3.8, 4) is 0 Å². The monoisotopic (exact) mass is 218 g/mol. The maximum atomic E-state index is 10.9. The highest BCUT2D eigenvalue weighted by Crippen LogP contribution is 2.22. The molecule has 0 unspecified atom stereocenters. The predicted octanol–water partition coefficient (Wildman–Crippen LogP) is 2.26. The van der Waals surface area contributed by atoms with E-state index in [4.69, 9.17) is 28.3 Å². The van der Waals surface area contributed by atoms with Crippen LogP contribution in [0.2, 0.25) is 10.0 Å². The fraction of sp³-hybridized carbons (Fsp3) is 0. The number of hydrogen-bond acceptors (Lipinski definition) is 2. The van der Waals surface area contributed by atoms with E-state index in [0.29, 0.717) is 0 Å². The minimum absolute atomic E-state index is 0.0156. The predicted molar refractivity (Wildman–Crippen MR) is 48.4 cm³/mol. The van der Waals surface area contributed by atoms with Gasteiger partial charge in [0.25, 0.3) is 5.78 Å². The van der Waals surface area contributed by atoms with Crippen LogP contribution in [0.25, 0.3) is 0 Å². The van der Waals surface area contributed by atoms with Crippen molar-refractivity contribution in [3.05, 3.63) is 33.8 Å². The Morgan fingerprint density at radius 3 is 2.23 bits per heavy atom. The molecule has 0 radical (unpaired) electrons. The number of carboxylic acids is 1. The van der Waals surface area contributed by atoms with E-state index in [2.05, 4.69) is 0 Å². The number of rotatable bonds is 2. The molecule has 0 spiro atoms. The van der Waals surface area contributed by atoms with Gasteiger partial charge in [-0.3, -0.25) is 4.79 Å². The third kappa shape index (κ3) is 2.20. The van der Waals surface area contributed by atoms with Crippen LogP contribution in [0, 0.1) is 0 Å². The Kier molecular flexibility index (Phi) is 2.90. The first-order valence-corrected chi connectivity index (χ1v) is 4.00. The summed E-state index contributed by atoms with van der Waals surface area (Å²) in [5.74, 6) is -2.52. The van der Waals surface area contributed by atoms with Crippen LogP contribution in [0.5, 0.6) is 0 Å². The van der Waals surface area contributed by atoms with Gasteiger partial charge in [-0.05, 0) is 18.2 Å². The van der Waals surface area contributed by atoms with Gasteiger partial charge in [-0.2, -0.15) is 0 Å². The van der Waals surface area contributed by atoms with Crippen molar-refractivity contribution in [1.82, 2.24) is 0 Å². The van der Waals surface area contributed by atoms with Gasteiger partial charge in [0, 0.05) is 5.56 Å². The molecule has 1 aromatic rings. The average Bonchev–Trinajstić information content (AvgIpc) is 2.08. The molecule has 0 aromatic heterocycles. The maximum absolute atomic E-state index is 10.9. The second-order valence-electron chi connectivity index (χ2n) is 2.26. The minimum Gasteiger partial charge on any atom is -0.475 e. The molecular weight excluding hydrogens is 215 g/mol. The number of halogens is 2. The molecule has 0 aliphatic heterocycles. The minimum atomic E-state index is -1.52. The zero-order valence-electron chi connectivity index (χ0n) is 6.25. The molecule has 1 aromatic carbocycles. The Labute approximate surface area is 83.9 Å². The fourth-order valence-electron chi connectivity index (χ4n) is 0.761. The molecule has 0 atom stereocenters. The highest BCUT2D eigenvalue weighted by Gasteiger charge is 2.15. The second-order valence-corrected chi connectivity index (χ2v) is 3.08. The first-order chi connectivity index (χ1) is 6.02. The van der Waals surface area contributed by atoms with Gasteiger partial charge < -0.3 is 5.11 Å². The molecule has 0 amide bonds. The van der Waals surface area contributed by atoms with Gasteiger partial charge in [0.1, 0.15) is 0 Å². The normalized spacial score (nSPS) is 9.69. The summed E-state index contributed by atoms with van der Waals surface area (Å²) in [5.41, 5.74) is 0.0156. The topological polar surface area (TPSA) is 54.4 Å². The molecule has 0 aliphatic carbocycles. The number of carbonyl (C=O) groups is 2. The van der Waals surface area contributed by atoms with E-state index in [0.717, 1.165) is 0 Å². The van der Waals surface area contributed by atoms with Crippen LogP contribution in [-0.2, 0) is 4.79 Å². The summed E-state index contributed by atoms with van der Waals surface area (Å²) in [5, 5.41) is 8.81. The molecule has 68 valence electrons. The summed E-state index contributed by atoms with van der Waals surface area (Å²) >= 11 is 11.2. The Morgan fingerprint density at radius 1 is 1.15 bits per heavy atom. The molecule has 0 heterocycles. The van der Waals surface area contributed by atoms with Crippen LogP contribution in [0.3, 0.4) is 0 Å². The van der Waals surface area contributed by atoms with E-state index >= 15 is 0 Å². The summed E-state index contributed by atoms with van der Waals surface area (Å²) in [6.07, 6.45) is 0. The van der Waals surface area contributed by atoms with Crippen molar-refractivity contribution in [2.24, 2.45) is 0 Å². The number of carbonyl (C=O) groups excluding carboxylic acids is 1. The second kappa shape index (κ2) is 3.77. The van der Waals surface area contributed by atoms with Crippen molar-refractivity contribution in [3.63, 3.8) is 0 Å². The summed E-state index contributed by atoms with van der Waals surface area (Å²) in [4.78, 5) is 21.2. The highest BCUT2D eigenvalue weighted by molar-refractivity contribution is 6.44. The molecule has 5 heteroatoms. The number of benzene rings is 1. The van der Waals surface area contributed by atoms with E-state index < -0.39 is 11.8 Å². The summed E-state index contributed by atoms with van der Waals surface area (Å²) in [6, 6.07) is 3.91. The van der Waals surface area contributed by atoms with Gasteiger partial charge in [-0.25, -0.2) is 4.79 Å². The van der Waals surface area contributed by atoms with Crippen LogP contribution in [0.1, 0.15) is 10.4 Å². The lowest BCUT2D eigenvalue weighted by atomic mass is 10.1. The molecule has 1 rings (SSSR count). The van der Waals surface area contributed by atoms with Crippen molar-refractivity contribution >= 4 is 35.0 Å². The Bertz CT molecular complexity index is 374. The van der Waals surface area contributed by atoms with Crippen molar-refractivity contribution in [1.29, 1.82) is 0 Å². The lowest BCUT2D eigenvalue weighted by Gasteiger charge is -1.98. The summed E-state index contributed by atoms with van der Waals surface area (Å²) in [6.45, 7) is 0. The van der Waals surface area contributed by atoms with E-state index in [-0.39, 0.29) is 15.6 Å². The fourth-order valence-corrected chi connectivity index (χ4v) is 1.06. The van der Waals surface area contributed by atoms with Crippen molar-refractivity contribution in [2.75, 3.05) is 0 Å². The van der Waals surface area contributed by atoms with E-state index in [1.54, 1.807) is 0 Å². The molecule has 0 bridgehead atoms. The zero-order valence-corrected chi connectivity index (χ0v) is 7.76. The molecule has 0 saturated carbocycles. The summed E-state index contributed by atoms with van der Waals surface area (Å²) in [7, 11) is 0. The zero-order chi connectivity index (χ0) is 10.0. The molecular formula is C8H4Cl2O3. The van der Waals surface area contributed by atoms with E-state index in [9.17, 15) is 9.59 Å². The Morgan fingerprint density at radius 2 is 1.77 bits per heavy atom. The van der Waals surface area contributed by atoms with Crippen LogP contribution < -0.4 is 0 Å². The van der Waals surface area contributed by atoms with Crippen LogP contribution in [-0.4, -0.2) is 16.9 Å². The number of carboxylic acid groups (broad SMARTS) is 1. The molecule has 1 N–H and O–H groups in total. The standard InChI is InChI=1S/C8H4Cl2O3/c9-5-2-1-4(3-6(5)10)7(11)8(12)13/h1-3H,(H,12,13). The van der Waals surface area contributed by atoms with Crippen LogP contribution in [0.15, 0.2) is 18.2 Å². The molecule has 13 heavy (non-hydrogen) atoms. The SMILES string of the molecule is O=C(O)C(=O)c1ccc(Cl)c(Cl)c1. The number of aliphatic carboxylic acids is 1. The van der Waals surface area contributed by atoms with Gasteiger partial charge in [0.2, 0.25) is 0 Å². The Balaban J connectivity index is 3.11. The van der Waals surface area contributed by atoms with Crippen LogP contribution >= 0.6 is 23.2 Å². The Hall–Kier alpha value is -1.06. The van der Waals surface area contributed by atoms with Crippen LogP contribution in [0.4, 0.5) is 0 Å². The van der Waals surface area contributed by atoms with E-state index in [1.807, 2.05) is 0 Å². The summed E-state index contributed by atoms with van der Waals surface area (Å²) < 4.78 is 0. The van der Waals surface area contributed by atoms with Gasteiger partial charge in [0.05, 0.1) is 10.0 Å². The first kappa shape index (κ1) is 10.0. The van der Waals surface area contributed by atoms with Gasteiger partial charge in [0.15, 0.2) is 0 Å². The number of hydrogen-bond donors (Lipinski definition) is 1. The highest BCUT2D eigenvalue weighted by atomic mass is 35.5. The van der Waals surface area contributed by atoms with Gasteiger partial charge in [-0.15, -0.1) is 0 Å². The average molecular weight is 219 g/mol. The quantitative estimate of drug-likeness (QED) is 0.613. The third-order valence-corrected chi connectivity index (χ3v) is 2.12. The van der Waals surface area contributed by atoms with Crippen molar-refractivity contribution in [2.45, 2.75) is 0 Å². The molecule has 3 nitrogen and oxygen atoms in total. The molecule has 0 aliphatic rings. The lowest BCUT2D eigenvalue weighted by Crippen LogP contribution is -2.12. The number of Topliss-reactive ketones (excluding diaryl/α,β-unsaturated/α-hetero) is 1. The van der Waals surface area contributed by atoms with E-state index in [1.165, 1.54) is 18.2 Å². The van der Waals surface area contributed by atoms with Gasteiger partial charge in [-0.1, -0.05) is 23.2 Å². The van der Waals surface area contributed by atoms with Crippen molar-refractivity contribution < 1.29 is 14.7 Å². The number of ketones is 1. The first-order valence-electron chi connectivity index (χ1n) is 3.25. The third-order valence-electron chi connectivity index (χ3n) is 1.38. The largest absolute Gasteiger partial charge is 0.475 e.